The Morgan fingerprint density at radius 3 is 2.61 bits per heavy atom. The third-order valence-corrected chi connectivity index (χ3v) is 3.78. The van der Waals surface area contributed by atoms with E-state index in [2.05, 4.69) is 9.82 Å². The van der Waals surface area contributed by atoms with E-state index < -0.39 is 10.0 Å². The van der Waals surface area contributed by atoms with Crippen LogP contribution in [0.5, 0.6) is 0 Å². The molecule has 18 heavy (non-hydrogen) atoms. The average Bonchev–Trinajstić information content (AvgIpc) is 2.62. The number of aryl methyl sites for hydroxylation is 2. The number of aromatic nitrogens is 2. The van der Waals surface area contributed by atoms with E-state index in [1.54, 1.807) is 32.2 Å². The number of nitrogens with one attached hydrogen (secondary N) is 1. The quantitative estimate of drug-likeness (QED) is 0.814. The van der Waals surface area contributed by atoms with E-state index in [4.69, 9.17) is 5.73 Å². The highest BCUT2D eigenvalue weighted by Gasteiger charge is 2.16. The molecule has 0 aliphatic rings. The Morgan fingerprint density at radius 2 is 2.06 bits per heavy atom. The van der Waals surface area contributed by atoms with Gasteiger partial charge in [-0.15, -0.1) is 0 Å². The molecule has 6 nitrogen and oxygen atoms in total. The number of nitrogens with zero attached hydrogens (tertiary/aromatic N) is 2. The van der Waals surface area contributed by atoms with Crippen molar-refractivity contribution >= 4 is 21.5 Å². The van der Waals surface area contributed by atoms with E-state index in [0.717, 1.165) is 5.56 Å². The van der Waals surface area contributed by atoms with Gasteiger partial charge in [-0.2, -0.15) is 5.10 Å². The number of sulfonamides is 1. The lowest BCUT2D eigenvalue weighted by atomic mass is 10.2. The normalized spacial score (nSPS) is 11.4. The average molecular weight is 266 g/mol. The fourth-order valence-electron chi connectivity index (χ4n) is 1.60. The summed E-state index contributed by atoms with van der Waals surface area (Å²) in [6.45, 7) is 1.79. The number of nitrogens with two attached hydrogens (primary N) is 1. The summed E-state index contributed by atoms with van der Waals surface area (Å²) in [5, 5.41) is 3.89. The molecule has 0 aliphatic carbocycles. The summed E-state index contributed by atoms with van der Waals surface area (Å²) in [6.07, 6.45) is 1.52. The van der Waals surface area contributed by atoms with Crippen LogP contribution < -0.4 is 10.5 Å². The minimum atomic E-state index is -3.64. The smallest absolute Gasteiger partial charge is 0.263 e. The lowest BCUT2D eigenvalue weighted by Gasteiger charge is -2.09. The molecule has 0 atom stereocenters. The molecule has 0 bridgehead atoms. The molecule has 0 radical (unpaired) electrons. The second-order valence-electron chi connectivity index (χ2n) is 4.02. The van der Waals surface area contributed by atoms with Crippen LogP contribution in [-0.2, 0) is 17.1 Å². The Hall–Kier alpha value is -2.02. The van der Waals surface area contributed by atoms with Crippen LogP contribution >= 0.6 is 0 Å². The molecule has 2 rings (SSSR count). The molecule has 1 aromatic carbocycles. The van der Waals surface area contributed by atoms with Gasteiger partial charge in [-0.25, -0.2) is 8.42 Å². The molecule has 96 valence electrons. The first-order valence-corrected chi connectivity index (χ1v) is 6.75. The predicted molar refractivity (Wildman–Crippen MR) is 69.6 cm³/mol. The Morgan fingerprint density at radius 1 is 1.33 bits per heavy atom. The van der Waals surface area contributed by atoms with Crippen molar-refractivity contribution in [2.45, 2.75) is 11.8 Å². The second kappa shape index (κ2) is 4.34. The molecule has 3 N–H and O–H groups in total. The molecule has 0 unspecified atom stereocenters. The Balaban J connectivity index is 2.40. The number of rotatable bonds is 3. The van der Waals surface area contributed by atoms with E-state index in [1.807, 2.05) is 0 Å². The molecule has 0 saturated carbocycles. The van der Waals surface area contributed by atoms with Crippen molar-refractivity contribution in [3.63, 3.8) is 0 Å². The highest BCUT2D eigenvalue weighted by atomic mass is 32.2. The van der Waals surface area contributed by atoms with Gasteiger partial charge in [0.25, 0.3) is 10.0 Å². The molecule has 1 heterocycles. The maximum Gasteiger partial charge on any atom is 0.263 e. The van der Waals surface area contributed by atoms with Gasteiger partial charge in [-0.1, -0.05) is 0 Å². The molecule has 0 spiro atoms. The van der Waals surface area contributed by atoms with Crippen LogP contribution in [0.2, 0.25) is 0 Å². The number of anilines is 2. The summed E-state index contributed by atoms with van der Waals surface area (Å²) in [4.78, 5) is 0.140. The maximum atomic E-state index is 12.1. The van der Waals surface area contributed by atoms with Gasteiger partial charge < -0.3 is 5.73 Å². The molecule has 2 aromatic rings. The van der Waals surface area contributed by atoms with Crippen LogP contribution in [0.15, 0.2) is 35.4 Å². The molecule has 7 heteroatoms. The summed E-state index contributed by atoms with van der Waals surface area (Å²) < 4.78 is 28.2. The van der Waals surface area contributed by atoms with Gasteiger partial charge >= 0.3 is 0 Å². The van der Waals surface area contributed by atoms with Gasteiger partial charge in [0.05, 0.1) is 11.1 Å². The molecule has 0 amide bonds. The van der Waals surface area contributed by atoms with Crippen LogP contribution in [0.1, 0.15) is 5.56 Å². The summed E-state index contributed by atoms with van der Waals surface area (Å²) in [5.74, 6) is 0.398. The third kappa shape index (κ3) is 2.45. The monoisotopic (exact) mass is 266 g/mol. The standard InChI is InChI=1S/C11H14N4O2S/c1-8-5-9(12)7-10(6-8)18(16,17)14-11-3-4-13-15(11)2/h3-7,14H,12H2,1-2H3. The summed E-state index contributed by atoms with van der Waals surface area (Å²) in [5.41, 5.74) is 6.86. The van der Waals surface area contributed by atoms with Gasteiger partial charge in [0.2, 0.25) is 0 Å². The highest BCUT2D eigenvalue weighted by Crippen LogP contribution is 2.19. The van der Waals surface area contributed by atoms with Crippen molar-refractivity contribution in [2.75, 3.05) is 10.5 Å². The first kappa shape index (κ1) is 12.4. The van der Waals surface area contributed by atoms with E-state index in [-0.39, 0.29) is 4.90 Å². The molecule has 0 saturated heterocycles. The van der Waals surface area contributed by atoms with Crippen molar-refractivity contribution in [3.05, 3.63) is 36.0 Å². The molecule has 0 aliphatic heterocycles. The zero-order chi connectivity index (χ0) is 13.3. The summed E-state index contributed by atoms with van der Waals surface area (Å²) in [6, 6.07) is 6.28. The van der Waals surface area contributed by atoms with Crippen molar-refractivity contribution in [3.8, 4) is 0 Å². The van der Waals surface area contributed by atoms with Crippen molar-refractivity contribution < 1.29 is 8.42 Å². The maximum absolute atomic E-state index is 12.1. The fraction of sp³-hybridized carbons (Fsp3) is 0.182. The lowest BCUT2D eigenvalue weighted by molar-refractivity contribution is 0.600. The lowest BCUT2D eigenvalue weighted by Crippen LogP contribution is -2.15. The van der Waals surface area contributed by atoms with Gasteiger partial charge in [0.1, 0.15) is 5.82 Å². The van der Waals surface area contributed by atoms with Crippen LogP contribution in [0.4, 0.5) is 11.5 Å². The van der Waals surface area contributed by atoms with Crippen LogP contribution in [0.25, 0.3) is 0 Å². The van der Waals surface area contributed by atoms with E-state index in [9.17, 15) is 8.42 Å². The molecular formula is C11H14N4O2S. The van der Waals surface area contributed by atoms with Crippen molar-refractivity contribution in [2.24, 2.45) is 7.05 Å². The minimum Gasteiger partial charge on any atom is -0.399 e. The fourth-order valence-corrected chi connectivity index (χ4v) is 2.83. The topological polar surface area (TPSA) is 90.0 Å². The van der Waals surface area contributed by atoms with Gasteiger partial charge in [-0.3, -0.25) is 9.40 Å². The van der Waals surface area contributed by atoms with E-state index >= 15 is 0 Å². The van der Waals surface area contributed by atoms with Crippen molar-refractivity contribution in [1.82, 2.24) is 9.78 Å². The molecular weight excluding hydrogens is 252 g/mol. The SMILES string of the molecule is Cc1cc(N)cc(S(=O)(=O)Nc2ccnn2C)c1. The third-order valence-electron chi connectivity index (χ3n) is 2.44. The highest BCUT2D eigenvalue weighted by molar-refractivity contribution is 7.92. The first-order valence-electron chi connectivity index (χ1n) is 5.26. The Labute approximate surface area is 105 Å². The summed E-state index contributed by atoms with van der Waals surface area (Å²) >= 11 is 0. The number of benzene rings is 1. The first-order chi connectivity index (χ1) is 8.38. The zero-order valence-corrected chi connectivity index (χ0v) is 10.9. The number of hydrogen-bond donors (Lipinski definition) is 2. The largest absolute Gasteiger partial charge is 0.399 e. The Bertz CT molecular complexity index is 656. The van der Waals surface area contributed by atoms with E-state index in [0.29, 0.717) is 11.5 Å². The Kier molecular flexibility index (Phi) is 3.00. The second-order valence-corrected chi connectivity index (χ2v) is 5.71. The zero-order valence-electron chi connectivity index (χ0n) is 10.1. The molecule has 1 aromatic heterocycles. The van der Waals surface area contributed by atoms with Crippen molar-refractivity contribution in [1.29, 1.82) is 0 Å². The predicted octanol–water partition coefficient (Wildman–Crippen LogP) is 1.11. The summed E-state index contributed by atoms with van der Waals surface area (Å²) in [7, 11) is -1.99. The van der Waals surface area contributed by atoms with Gasteiger partial charge in [0.15, 0.2) is 0 Å². The number of nitrogen functional groups attached to an aromatic ring is 1. The minimum absolute atomic E-state index is 0.140. The molecule has 0 fully saturated rings. The van der Waals surface area contributed by atoms with Gasteiger partial charge in [-0.05, 0) is 30.7 Å². The van der Waals surface area contributed by atoms with Crippen LogP contribution in [0.3, 0.4) is 0 Å². The van der Waals surface area contributed by atoms with Crippen LogP contribution in [0, 0.1) is 6.92 Å². The number of hydrogen-bond acceptors (Lipinski definition) is 4. The van der Waals surface area contributed by atoms with Gasteiger partial charge in [0, 0.05) is 18.8 Å². The van der Waals surface area contributed by atoms with Crippen LogP contribution in [-0.4, -0.2) is 18.2 Å². The van der Waals surface area contributed by atoms with E-state index in [1.165, 1.54) is 16.9 Å².